The molecule has 0 saturated carbocycles. The minimum atomic E-state index is -2.65. The van der Waals surface area contributed by atoms with Crippen molar-refractivity contribution >= 4 is 25.9 Å². The second-order valence-corrected chi connectivity index (χ2v) is 16.1. The molecule has 1 saturated heterocycles. The SMILES string of the molecule is CC(C)[Si](C(C)C)(C(C)C)N1C(=O)N(c2ccccc2)C(=O)C1(c1ccccc1)c1ccccc1. The average Bonchev–Trinajstić information content (AvgIpc) is 3.08. The molecule has 0 atom stereocenters. The molecule has 3 aromatic rings. The number of amides is 3. The van der Waals surface area contributed by atoms with E-state index in [0.717, 1.165) is 11.1 Å². The number of imide groups is 1. The fourth-order valence-electron chi connectivity index (χ4n) is 6.65. The van der Waals surface area contributed by atoms with Crippen LogP contribution < -0.4 is 4.90 Å². The van der Waals surface area contributed by atoms with Gasteiger partial charge in [0.25, 0.3) is 5.91 Å². The summed E-state index contributed by atoms with van der Waals surface area (Å²) < 4.78 is 2.08. The molecule has 4 rings (SSSR count). The van der Waals surface area contributed by atoms with Crippen molar-refractivity contribution in [1.29, 1.82) is 0 Å². The molecule has 182 valence electrons. The number of para-hydroxylation sites is 1. The maximum atomic E-state index is 14.8. The van der Waals surface area contributed by atoms with E-state index in [-0.39, 0.29) is 28.6 Å². The molecule has 0 aromatic heterocycles. The molecule has 0 aliphatic carbocycles. The molecule has 0 radical (unpaired) electrons. The number of rotatable bonds is 7. The number of hydrogen-bond acceptors (Lipinski definition) is 2. The Bertz CT molecular complexity index is 1120. The van der Waals surface area contributed by atoms with Crippen LogP contribution in [0.4, 0.5) is 10.5 Å². The topological polar surface area (TPSA) is 40.6 Å². The molecule has 4 nitrogen and oxygen atoms in total. The summed E-state index contributed by atoms with van der Waals surface area (Å²) in [5.41, 5.74) is 1.76. The zero-order chi connectivity index (χ0) is 25.4. The molecule has 0 unspecified atom stereocenters. The van der Waals surface area contributed by atoms with E-state index in [0.29, 0.717) is 5.69 Å². The first-order valence-electron chi connectivity index (χ1n) is 12.6. The van der Waals surface area contributed by atoms with Crippen LogP contribution in [0.1, 0.15) is 52.7 Å². The van der Waals surface area contributed by atoms with Gasteiger partial charge in [-0.15, -0.1) is 0 Å². The van der Waals surface area contributed by atoms with Crippen LogP contribution in [0.3, 0.4) is 0 Å². The Hall–Kier alpha value is -3.18. The van der Waals surface area contributed by atoms with E-state index in [9.17, 15) is 9.59 Å². The van der Waals surface area contributed by atoms with E-state index in [1.807, 2.05) is 91.0 Å². The van der Waals surface area contributed by atoms with Crippen molar-refractivity contribution in [2.45, 2.75) is 63.7 Å². The van der Waals surface area contributed by atoms with Crippen LogP contribution in [0.2, 0.25) is 16.6 Å². The van der Waals surface area contributed by atoms with Crippen molar-refractivity contribution in [3.63, 3.8) is 0 Å². The summed E-state index contributed by atoms with van der Waals surface area (Å²) in [6, 6.07) is 28.9. The molecular weight excluding hydrogens is 448 g/mol. The average molecular weight is 485 g/mol. The lowest BCUT2D eigenvalue weighted by molar-refractivity contribution is -0.122. The molecule has 5 heteroatoms. The van der Waals surface area contributed by atoms with Crippen LogP contribution >= 0.6 is 0 Å². The first-order valence-corrected chi connectivity index (χ1v) is 14.7. The summed E-state index contributed by atoms with van der Waals surface area (Å²) in [6.45, 7) is 13.4. The number of hydrogen-bond donors (Lipinski definition) is 0. The lowest BCUT2D eigenvalue weighted by Gasteiger charge is -2.54. The molecule has 1 aliphatic heterocycles. The van der Waals surface area contributed by atoms with Crippen molar-refractivity contribution in [3.8, 4) is 0 Å². The number of anilines is 1. The van der Waals surface area contributed by atoms with Crippen molar-refractivity contribution in [1.82, 2.24) is 4.57 Å². The third-order valence-corrected chi connectivity index (χ3v) is 14.6. The van der Waals surface area contributed by atoms with Crippen molar-refractivity contribution in [3.05, 3.63) is 102 Å². The molecular formula is C30H36N2O2Si. The van der Waals surface area contributed by atoms with E-state index in [2.05, 4.69) is 46.1 Å². The Morgan fingerprint density at radius 3 is 1.34 bits per heavy atom. The molecule has 3 amide bonds. The molecule has 3 aromatic carbocycles. The van der Waals surface area contributed by atoms with Gasteiger partial charge in [-0.05, 0) is 39.9 Å². The Morgan fingerprint density at radius 2 is 0.971 bits per heavy atom. The molecule has 35 heavy (non-hydrogen) atoms. The summed E-state index contributed by atoms with van der Waals surface area (Å²) in [7, 11) is -2.65. The first kappa shape index (κ1) is 24.9. The quantitative estimate of drug-likeness (QED) is 0.256. The highest BCUT2D eigenvalue weighted by atomic mass is 28.3. The zero-order valence-corrected chi connectivity index (χ0v) is 22.6. The second kappa shape index (κ2) is 9.46. The molecule has 0 bridgehead atoms. The predicted octanol–water partition coefficient (Wildman–Crippen LogP) is 7.57. The number of nitrogens with zero attached hydrogens (tertiary/aromatic N) is 2. The van der Waals surface area contributed by atoms with Gasteiger partial charge in [-0.2, -0.15) is 0 Å². The fourth-order valence-corrected chi connectivity index (χ4v) is 13.6. The molecule has 1 fully saturated rings. The highest BCUT2D eigenvalue weighted by Gasteiger charge is 2.68. The summed E-state index contributed by atoms with van der Waals surface area (Å²) in [6.07, 6.45) is 0. The van der Waals surface area contributed by atoms with Gasteiger partial charge < -0.3 is 4.57 Å². The normalized spacial score (nSPS) is 16.1. The van der Waals surface area contributed by atoms with Gasteiger partial charge in [0, 0.05) is 0 Å². The van der Waals surface area contributed by atoms with E-state index in [1.165, 1.54) is 4.90 Å². The monoisotopic (exact) mass is 484 g/mol. The molecule has 0 spiro atoms. The third-order valence-electron chi connectivity index (χ3n) is 7.79. The molecule has 1 aliphatic rings. The van der Waals surface area contributed by atoms with Gasteiger partial charge in [-0.3, -0.25) is 4.79 Å². The maximum Gasteiger partial charge on any atom is 0.324 e. The first-order chi connectivity index (χ1) is 16.7. The Kier molecular flexibility index (Phi) is 6.74. The highest BCUT2D eigenvalue weighted by molar-refractivity contribution is 6.84. The van der Waals surface area contributed by atoms with Gasteiger partial charge in [-0.25, -0.2) is 9.69 Å². The van der Waals surface area contributed by atoms with Crippen LogP contribution in [0, 0.1) is 0 Å². The van der Waals surface area contributed by atoms with E-state index < -0.39 is 13.8 Å². The summed E-state index contributed by atoms with van der Waals surface area (Å²) in [4.78, 5) is 31.0. The van der Waals surface area contributed by atoms with E-state index in [1.54, 1.807) is 0 Å². The predicted molar refractivity (Wildman–Crippen MR) is 146 cm³/mol. The van der Waals surface area contributed by atoms with Crippen LogP contribution in [0.15, 0.2) is 91.0 Å². The highest BCUT2D eigenvalue weighted by Crippen LogP contribution is 2.55. The Labute approximate surface area is 210 Å². The van der Waals surface area contributed by atoms with E-state index in [4.69, 9.17) is 0 Å². The van der Waals surface area contributed by atoms with E-state index >= 15 is 0 Å². The second-order valence-electron chi connectivity index (χ2n) is 10.4. The standard InChI is InChI=1S/C30H36N2O2Si/c1-22(2)35(23(3)4,24(5)6)32-29(34)31(27-20-14-9-15-21-27)28(33)30(32,25-16-10-7-11-17-25)26-18-12-8-13-19-26/h7-24H,1-6H3. The van der Waals surface area contributed by atoms with Gasteiger partial charge >= 0.3 is 6.03 Å². The fraction of sp³-hybridized carbons (Fsp3) is 0.333. The minimum absolute atomic E-state index is 0.204. The zero-order valence-electron chi connectivity index (χ0n) is 21.6. The lowest BCUT2D eigenvalue weighted by atomic mass is 9.82. The van der Waals surface area contributed by atoms with Gasteiger partial charge in [0.15, 0.2) is 13.8 Å². The lowest BCUT2D eigenvalue weighted by Crippen LogP contribution is -2.67. The maximum absolute atomic E-state index is 14.8. The van der Waals surface area contributed by atoms with Crippen LogP contribution in [-0.4, -0.2) is 24.7 Å². The van der Waals surface area contributed by atoms with Gasteiger partial charge in [0.05, 0.1) is 5.69 Å². The smallest absolute Gasteiger partial charge is 0.324 e. The largest absolute Gasteiger partial charge is 0.329 e. The third kappa shape index (κ3) is 3.56. The number of urea groups is 1. The molecule has 0 N–H and O–H groups in total. The number of carbonyl (C=O) groups excluding carboxylic acids is 2. The number of carbonyl (C=O) groups is 2. The van der Waals surface area contributed by atoms with Gasteiger partial charge in [0.1, 0.15) is 0 Å². The van der Waals surface area contributed by atoms with Crippen molar-refractivity contribution < 1.29 is 9.59 Å². The Morgan fingerprint density at radius 1 is 0.600 bits per heavy atom. The van der Waals surface area contributed by atoms with Crippen molar-refractivity contribution in [2.24, 2.45) is 0 Å². The van der Waals surface area contributed by atoms with Crippen molar-refractivity contribution in [2.75, 3.05) is 4.90 Å². The summed E-state index contributed by atoms with van der Waals surface area (Å²) >= 11 is 0. The summed E-state index contributed by atoms with van der Waals surface area (Å²) in [5.74, 6) is -0.204. The van der Waals surface area contributed by atoms with Gasteiger partial charge in [-0.1, -0.05) is 120 Å². The van der Waals surface area contributed by atoms with Gasteiger partial charge in [0.2, 0.25) is 0 Å². The minimum Gasteiger partial charge on any atom is -0.329 e. The van der Waals surface area contributed by atoms with Crippen LogP contribution in [0.25, 0.3) is 0 Å². The van der Waals surface area contributed by atoms with Crippen LogP contribution in [-0.2, 0) is 10.3 Å². The molecule has 1 heterocycles. The van der Waals surface area contributed by atoms with Crippen LogP contribution in [0.5, 0.6) is 0 Å². The number of benzene rings is 3. The summed E-state index contributed by atoms with van der Waals surface area (Å²) in [5, 5.41) is 0. The Balaban J connectivity index is 2.17.